The maximum absolute atomic E-state index is 12.5. The SMILES string of the molecule is CC(C)(C)OC(=O)N[C@H]1CCCN(c2ccc(I)nc2)C1=O. The van der Waals surface area contributed by atoms with Gasteiger partial charge in [-0.2, -0.15) is 0 Å². The summed E-state index contributed by atoms with van der Waals surface area (Å²) in [5.41, 5.74) is 0.169. The van der Waals surface area contributed by atoms with E-state index in [9.17, 15) is 9.59 Å². The maximum Gasteiger partial charge on any atom is 0.408 e. The lowest BCUT2D eigenvalue weighted by Gasteiger charge is -2.32. The number of piperidine rings is 1. The van der Waals surface area contributed by atoms with Crippen molar-refractivity contribution >= 4 is 40.3 Å². The van der Waals surface area contributed by atoms with Gasteiger partial charge in [-0.25, -0.2) is 9.78 Å². The standard InChI is InChI=1S/C15H20IN3O3/c1-15(2,3)22-14(21)18-11-5-4-8-19(13(11)20)10-6-7-12(16)17-9-10/h6-7,9,11H,4-5,8H2,1-3H3,(H,18,21)/t11-/m0/s1. The first-order valence-electron chi connectivity index (χ1n) is 7.19. The summed E-state index contributed by atoms with van der Waals surface area (Å²) in [4.78, 5) is 30.2. The first-order valence-corrected chi connectivity index (χ1v) is 8.26. The molecule has 0 unspecified atom stereocenters. The highest BCUT2D eigenvalue weighted by molar-refractivity contribution is 14.1. The fraction of sp³-hybridized carbons (Fsp3) is 0.533. The monoisotopic (exact) mass is 417 g/mol. The number of nitrogens with zero attached hydrogens (tertiary/aromatic N) is 2. The van der Waals surface area contributed by atoms with E-state index < -0.39 is 17.7 Å². The van der Waals surface area contributed by atoms with Gasteiger partial charge in [-0.05, 0) is 68.3 Å². The van der Waals surface area contributed by atoms with Crippen molar-refractivity contribution in [3.8, 4) is 0 Å². The van der Waals surface area contributed by atoms with Crippen molar-refractivity contribution in [2.24, 2.45) is 0 Å². The van der Waals surface area contributed by atoms with E-state index in [0.717, 1.165) is 15.8 Å². The zero-order valence-corrected chi connectivity index (χ0v) is 15.1. The summed E-state index contributed by atoms with van der Waals surface area (Å²) in [5, 5.41) is 2.66. The molecular weight excluding hydrogens is 397 g/mol. The van der Waals surface area contributed by atoms with Gasteiger partial charge in [-0.15, -0.1) is 0 Å². The lowest BCUT2D eigenvalue weighted by Crippen LogP contribution is -2.53. The Balaban J connectivity index is 2.04. The van der Waals surface area contributed by atoms with Crippen LogP contribution in [-0.2, 0) is 9.53 Å². The molecule has 2 rings (SSSR count). The second-order valence-corrected chi connectivity index (χ2v) is 7.28. The molecule has 1 aromatic heterocycles. The molecule has 22 heavy (non-hydrogen) atoms. The quantitative estimate of drug-likeness (QED) is 0.594. The molecule has 1 N–H and O–H groups in total. The topological polar surface area (TPSA) is 71.5 Å². The molecule has 7 heteroatoms. The average molecular weight is 417 g/mol. The number of halogens is 1. The third-order valence-electron chi connectivity index (χ3n) is 3.15. The second-order valence-electron chi connectivity index (χ2n) is 6.17. The van der Waals surface area contributed by atoms with Gasteiger partial charge in [0.05, 0.1) is 11.9 Å². The number of hydrogen-bond donors (Lipinski definition) is 1. The van der Waals surface area contributed by atoms with Crippen LogP contribution in [0.2, 0.25) is 0 Å². The molecule has 2 amide bonds. The van der Waals surface area contributed by atoms with E-state index >= 15 is 0 Å². The van der Waals surface area contributed by atoms with E-state index in [1.165, 1.54) is 0 Å². The molecule has 1 aliphatic rings. The summed E-state index contributed by atoms with van der Waals surface area (Å²) in [6.07, 6.45) is 2.55. The number of ether oxygens (including phenoxy) is 1. The summed E-state index contributed by atoms with van der Waals surface area (Å²) >= 11 is 2.12. The van der Waals surface area contributed by atoms with Crippen LogP contribution in [0.5, 0.6) is 0 Å². The van der Waals surface area contributed by atoms with Crippen molar-refractivity contribution < 1.29 is 14.3 Å². The summed E-state index contributed by atoms with van der Waals surface area (Å²) in [7, 11) is 0. The van der Waals surface area contributed by atoms with E-state index in [1.807, 2.05) is 12.1 Å². The third-order valence-corrected chi connectivity index (χ3v) is 3.79. The minimum absolute atomic E-state index is 0.125. The molecule has 0 aliphatic carbocycles. The molecule has 0 aromatic carbocycles. The Bertz CT molecular complexity index is 554. The van der Waals surface area contributed by atoms with Gasteiger partial charge < -0.3 is 15.0 Å². The molecular formula is C15H20IN3O3. The predicted molar refractivity (Wildman–Crippen MR) is 91.7 cm³/mol. The molecule has 1 fully saturated rings. The largest absolute Gasteiger partial charge is 0.444 e. The van der Waals surface area contributed by atoms with E-state index in [1.54, 1.807) is 31.9 Å². The van der Waals surface area contributed by atoms with Crippen molar-refractivity contribution in [1.29, 1.82) is 0 Å². The van der Waals surface area contributed by atoms with E-state index in [-0.39, 0.29) is 5.91 Å². The van der Waals surface area contributed by atoms with Gasteiger partial charge >= 0.3 is 6.09 Å². The smallest absolute Gasteiger partial charge is 0.408 e. The molecule has 0 spiro atoms. The number of amides is 2. The normalized spacial score (nSPS) is 19.0. The van der Waals surface area contributed by atoms with Gasteiger partial charge in [0, 0.05) is 6.54 Å². The Morgan fingerprint density at radius 3 is 2.77 bits per heavy atom. The summed E-state index contributed by atoms with van der Waals surface area (Å²) in [6.45, 7) is 6.00. The Labute approximate surface area is 143 Å². The minimum atomic E-state index is -0.582. The highest BCUT2D eigenvalue weighted by Gasteiger charge is 2.32. The van der Waals surface area contributed by atoms with Crippen molar-refractivity contribution in [3.63, 3.8) is 0 Å². The minimum Gasteiger partial charge on any atom is -0.444 e. The summed E-state index contributed by atoms with van der Waals surface area (Å²) < 4.78 is 6.08. The molecule has 1 saturated heterocycles. The molecule has 2 heterocycles. The predicted octanol–water partition coefficient (Wildman–Crippen LogP) is 2.71. The van der Waals surface area contributed by atoms with Crippen molar-refractivity contribution in [2.45, 2.75) is 45.3 Å². The van der Waals surface area contributed by atoms with Crippen molar-refractivity contribution in [3.05, 3.63) is 22.0 Å². The van der Waals surface area contributed by atoms with Gasteiger partial charge in [0.2, 0.25) is 5.91 Å². The van der Waals surface area contributed by atoms with Crippen LogP contribution in [0.25, 0.3) is 0 Å². The Hall–Kier alpha value is -1.38. The number of aromatic nitrogens is 1. The first-order chi connectivity index (χ1) is 10.3. The van der Waals surface area contributed by atoms with Gasteiger partial charge in [-0.3, -0.25) is 4.79 Å². The molecule has 1 aliphatic heterocycles. The molecule has 1 aromatic rings. The molecule has 6 nitrogen and oxygen atoms in total. The number of carbonyl (C=O) groups excluding carboxylic acids is 2. The first kappa shape index (κ1) is 17.0. The van der Waals surface area contributed by atoms with E-state index in [2.05, 4.69) is 32.9 Å². The number of anilines is 1. The van der Waals surface area contributed by atoms with Gasteiger partial charge in [0.1, 0.15) is 15.3 Å². The summed E-state index contributed by atoms with van der Waals surface area (Å²) in [6, 6.07) is 3.17. The Kier molecular flexibility index (Phi) is 5.25. The molecule has 0 saturated carbocycles. The van der Waals surface area contributed by atoms with Gasteiger partial charge in [0.25, 0.3) is 0 Å². The van der Waals surface area contributed by atoms with Crippen LogP contribution >= 0.6 is 22.6 Å². The van der Waals surface area contributed by atoms with Crippen LogP contribution in [0.15, 0.2) is 18.3 Å². The lowest BCUT2D eigenvalue weighted by molar-refractivity contribution is -0.121. The van der Waals surface area contributed by atoms with E-state index in [0.29, 0.717) is 13.0 Å². The Morgan fingerprint density at radius 2 is 2.18 bits per heavy atom. The van der Waals surface area contributed by atoms with Crippen LogP contribution < -0.4 is 10.2 Å². The fourth-order valence-electron chi connectivity index (χ4n) is 2.24. The van der Waals surface area contributed by atoms with Crippen LogP contribution in [-0.4, -0.2) is 35.2 Å². The highest BCUT2D eigenvalue weighted by atomic mass is 127. The highest BCUT2D eigenvalue weighted by Crippen LogP contribution is 2.21. The molecule has 1 atom stereocenters. The zero-order valence-electron chi connectivity index (χ0n) is 12.9. The van der Waals surface area contributed by atoms with E-state index in [4.69, 9.17) is 4.74 Å². The number of alkyl carbamates (subject to hydrolysis) is 1. The van der Waals surface area contributed by atoms with Crippen LogP contribution in [0.3, 0.4) is 0 Å². The molecule has 0 bridgehead atoms. The van der Waals surface area contributed by atoms with Crippen molar-refractivity contribution in [1.82, 2.24) is 10.3 Å². The number of rotatable bonds is 2. The lowest BCUT2D eigenvalue weighted by atomic mass is 10.0. The van der Waals surface area contributed by atoms with Crippen molar-refractivity contribution in [2.75, 3.05) is 11.4 Å². The number of hydrogen-bond acceptors (Lipinski definition) is 4. The van der Waals surface area contributed by atoms with Gasteiger partial charge in [0.15, 0.2) is 0 Å². The average Bonchev–Trinajstić information content (AvgIpc) is 2.40. The third kappa shape index (κ3) is 4.56. The second kappa shape index (κ2) is 6.80. The van der Waals surface area contributed by atoms with Crippen LogP contribution in [0, 0.1) is 3.70 Å². The fourth-order valence-corrected chi connectivity index (χ4v) is 2.56. The zero-order chi connectivity index (χ0) is 16.3. The maximum atomic E-state index is 12.5. The Morgan fingerprint density at radius 1 is 1.45 bits per heavy atom. The molecule has 0 radical (unpaired) electrons. The summed E-state index contributed by atoms with van der Waals surface area (Å²) in [5.74, 6) is -0.125. The van der Waals surface area contributed by atoms with Crippen LogP contribution in [0.4, 0.5) is 10.5 Å². The van der Waals surface area contributed by atoms with Crippen LogP contribution in [0.1, 0.15) is 33.6 Å². The number of carbonyl (C=O) groups is 2. The molecule has 120 valence electrons. The number of nitrogens with one attached hydrogen (secondary N) is 1. The van der Waals surface area contributed by atoms with Gasteiger partial charge in [-0.1, -0.05) is 0 Å². The number of pyridine rings is 1.